The Bertz CT molecular complexity index is 2500. The molecule has 0 atom stereocenters. The number of carbonyl (C=O) groups excluding carboxylic acids is 3. The van der Waals surface area contributed by atoms with Gasteiger partial charge in [0.05, 0.1) is 52.0 Å². The third-order valence-electron chi connectivity index (χ3n) is 10.4. The summed E-state index contributed by atoms with van der Waals surface area (Å²) in [6.45, 7) is 4.65. The fraction of sp³-hybridized carbons (Fsp3) is 0.310. The normalized spacial score (nSPS) is 13.9. The molecular formula is C42H44ClN9O5. The minimum absolute atomic E-state index is 0.0165. The Hall–Kier alpha value is -5.96. The molecule has 7 rings (SSSR count). The number of amides is 3. The van der Waals surface area contributed by atoms with Crippen molar-refractivity contribution in [3.63, 3.8) is 0 Å². The van der Waals surface area contributed by atoms with E-state index >= 15 is 0 Å². The fourth-order valence-corrected chi connectivity index (χ4v) is 7.15. The molecule has 0 radical (unpaired) electrons. The van der Waals surface area contributed by atoms with Crippen LogP contribution in [-0.4, -0.2) is 102 Å². The van der Waals surface area contributed by atoms with Gasteiger partial charge in [-0.2, -0.15) is 5.10 Å². The highest BCUT2D eigenvalue weighted by molar-refractivity contribution is 6.35. The highest BCUT2D eigenvalue weighted by atomic mass is 35.5. The van der Waals surface area contributed by atoms with E-state index in [0.29, 0.717) is 63.5 Å². The number of nitrogens with zero attached hydrogens (tertiary/aromatic N) is 7. The lowest BCUT2D eigenvalue weighted by atomic mass is 9.90. The van der Waals surface area contributed by atoms with E-state index in [9.17, 15) is 24.3 Å². The van der Waals surface area contributed by atoms with Crippen molar-refractivity contribution in [2.24, 2.45) is 0 Å². The number of aromatic nitrogens is 5. The lowest BCUT2D eigenvalue weighted by Crippen LogP contribution is -2.49. The Labute approximate surface area is 334 Å². The Kier molecular flexibility index (Phi) is 11.7. The molecule has 0 aliphatic carbocycles. The van der Waals surface area contributed by atoms with Crippen LogP contribution >= 0.6 is 11.6 Å². The molecule has 3 aromatic carbocycles. The number of piperidine rings is 1. The summed E-state index contributed by atoms with van der Waals surface area (Å²) in [7, 11) is 1.95. The van der Waals surface area contributed by atoms with Crippen LogP contribution in [0.4, 0.5) is 5.69 Å². The summed E-state index contributed by atoms with van der Waals surface area (Å²) < 4.78 is 3.06. The molecule has 0 bridgehead atoms. The van der Waals surface area contributed by atoms with Crippen molar-refractivity contribution in [3.8, 4) is 11.3 Å². The van der Waals surface area contributed by atoms with Gasteiger partial charge >= 0.3 is 0 Å². The molecule has 3 aromatic heterocycles. The highest BCUT2D eigenvalue weighted by Gasteiger charge is 2.36. The molecule has 1 saturated heterocycles. The quantitative estimate of drug-likeness (QED) is 0.148. The summed E-state index contributed by atoms with van der Waals surface area (Å²) >= 11 is 6.25. The van der Waals surface area contributed by atoms with Gasteiger partial charge in [0.15, 0.2) is 0 Å². The van der Waals surface area contributed by atoms with Crippen molar-refractivity contribution >= 4 is 56.8 Å². The topological polar surface area (TPSA) is 168 Å². The van der Waals surface area contributed by atoms with Crippen LogP contribution in [0, 0.1) is 0 Å². The number of benzene rings is 3. The Morgan fingerprint density at radius 3 is 2.49 bits per heavy atom. The number of pyridine rings is 1. The zero-order valence-corrected chi connectivity index (χ0v) is 32.6. The molecule has 1 aliphatic rings. The van der Waals surface area contributed by atoms with Crippen LogP contribution < -0.4 is 16.2 Å². The zero-order valence-electron chi connectivity index (χ0n) is 31.8. The summed E-state index contributed by atoms with van der Waals surface area (Å²) in [6.07, 6.45) is 5.55. The highest BCUT2D eigenvalue weighted by Crippen LogP contribution is 2.29. The van der Waals surface area contributed by atoms with E-state index < -0.39 is 5.60 Å². The maximum Gasteiger partial charge on any atom is 0.261 e. The minimum Gasteiger partial charge on any atom is -0.388 e. The lowest BCUT2D eigenvalue weighted by Gasteiger charge is -2.38. The van der Waals surface area contributed by atoms with Gasteiger partial charge in [-0.25, -0.2) is 4.98 Å². The average molecular weight is 790 g/mol. The van der Waals surface area contributed by atoms with Gasteiger partial charge in [-0.1, -0.05) is 54.9 Å². The van der Waals surface area contributed by atoms with E-state index in [1.807, 2.05) is 49.2 Å². The second-order valence-corrected chi connectivity index (χ2v) is 14.8. The van der Waals surface area contributed by atoms with E-state index in [2.05, 4.69) is 20.6 Å². The molecule has 0 spiro atoms. The zero-order chi connectivity index (χ0) is 40.1. The molecule has 0 saturated carbocycles. The maximum absolute atomic E-state index is 14.1. The van der Waals surface area contributed by atoms with Gasteiger partial charge in [-0.05, 0) is 62.8 Å². The molecule has 294 valence electrons. The second-order valence-electron chi connectivity index (χ2n) is 14.4. The fourth-order valence-electron chi connectivity index (χ4n) is 6.94. The first-order chi connectivity index (χ1) is 27.5. The summed E-state index contributed by atoms with van der Waals surface area (Å²) in [5.74, 6) is -0.615. The van der Waals surface area contributed by atoms with Gasteiger partial charge in [-0.15, -0.1) is 0 Å². The average Bonchev–Trinajstić information content (AvgIpc) is 3.65. The second kappa shape index (κ2) is 17.0. The van der Waals surface area contributed by atoms with Gasteiger partial charge < -0.3 is 25.5 Å². The van der Waals surface area contributed by atoms with Crippen molar-refractivity contribution in [3.05, 3.63) is 118 Å². The van der Waals surface area contributed by atoms with Crippen molar-refractivity contribution in [1.29, 1.82) is 0 Å². The SMILES string of the molecule is CCN(C)CCC(=O)Nc1ccc2c(=O)n(CC3(O)CCN(C(=O)c4cn(CCNC(=O)c5ccc6c(Cl)ccnc6c5)nc4-c4ccccc4)CC3)cnc2c1. The van der Waals surface area contributed by atoms with E-state index in [1.165, 1.54) is 10.9 Å². The molecule has 6 aromatic rings. The number of hydrogen-bond acceptors (Lipinski definition) is 9. The first-order valence-corrected chi connectivity index (χ1v) is 19.3. The Morgan fingerprint density at radius 2 is 1.72 bits per heavy atom. The summed E-state index contributed by atoms with van der Waals surface area (Å²) in [5.41, 5.74) is 2.24. The third-order valence-corrected chi connectivity index (χ3v) is 10.8. The molecule has 0 unspecified atom stereocenters. The third kappa shape index (κ3) is 9.04. The number of aliphatic hydroxyl groups is 1. The molecule has 3 amide bonds. The predicted octanol–water partition coefficient (Wildman–Crippen LogP) is 4.84. The Balaban J connectivity index is 0.987. The molecule has 3 N–H and O–H groups in total. The van der Waals surface area contributed by atoms with Crippen LogP contribution in [0.15, 0.2) is 96.3 Å². The van der Waals surface area contributed by atoms with Gasteiger partial charge in [0.25, 0.3) is 17.4 Å². The molecule has 15 heteroatoms. The summed E-state index contributed by atoms with van der Waals surface area (Å²) in [6, 6.07) is 21.3. The molecular weight excluding hydrogens is 746 g/mol. The van der Waals surface area contributed by atoms with Crippen molar-refractivity contribution in [2.75, 3.05) is 45.1 Å². The van der Waals surface area contributed by atoms with Crippen LogP contribution in [0.2, 0.25) is 5.02 Å². The molecule has 1 aliphatic heterocycles. The largest absolute Gasteiger partial charge is 0.388 e. The number of rotatable bonds is 13. The first-order valence-electron chi connectivity index (χ1n) is 18.9. The summed E-state index contributed by atoms with van der Waals surface area (Å²) in [5, 5.41) is 23.9. The van der Waals surface area contributed by atoms with E-state index in [4.69, 9.17) is 16.7 Å². The van der Waals surface area contributed by atoms with Crippen LogP contribution in [0.25, 0.3) is 33.1 Å². The van der Waals surface area contributed by atoms with Crippen LogP contribution in [-0.2, 0) is 17.9 Å². The van der Waals surface area contributed by atoms with Gasteiger partial charge in [0.2, 0.25) is 5.91 Å². The van der Waals surface area contributed by atoms with Crippen LogP contribution in [0.5, 0.6) is 0 Å². The number of anilines is 1. The maximum atomic E-state index is 14.1. The van der Waals surface area contributed by atoms with E-state index in [0.717, 1.165) is 17.5 Å². The monoisotopic (exact) mass is 789 g/mol. The number of carbonyl (C=O) groups is 3. The lowest BCUT2D eigenvalue weighted by molar-refractivity contribution is -0.116. The molecule has 1 fully saturated rings. The first kappa shape index (κ1) is 39.3. The molecule has 4 heterocycles. The predicted molar refractivity (Wildman–Crippen MR) is 219 cm³/mol. The summed E-state index contributed by atoms with van der Waals surface area (Å²) in [4.78, 5) is 65.5. The number of likely N-dealkylation sites (tertiary alicyclic amines) is 1. The van der Waals surface area contributed by atoms with Crippen LogP contribution in [0.1, 0.15) is 46.9 Å². The number of fused-ring (bicyclic) bond motifs is 2. The van der Waals surface area contributed by atoms with Gasteiger partial charge in [-0.3, -0.25) is 33.4 Å². The van der Waals surface area contributed by atoms with Crippen molar-refractivity contribution in [1.82, 2.24) is 39.4 Å². The minimum atomic E-state index is -1.24. The van der Waals surface area contributed by atoms with E-state index in [-0.39, 0.29) is 62.3 Å². The Morgan fingerprint density at radius 1 is 0.965 bits per heavy atom. The van der Waals surface area contributed by atoms with Gasteiger partial charge in [0, 0.05) is 67.2 Å². The van der Waals surface area contributed by atoms with Crippen molar-refractivity contribution < 1.29 is 19.5 Å². The van der Waals surface area contributed by atoms with Crippen LogP contribution in [0.3, 0.4) is 0 Å². The number of halogens is 1. The standard InChI is InChI=1S/C42H44ClN9O5/c1-3-49(2)19-14-37(53)47-30-10-12-32-36(24-30)46-27-51(40(32)55)26-42(57)15-20-50(21-16-42)41(56)33-25-52(48-38(33)28-7-5-4-6-8-28)22-18-45-39(54)29-9-11-31-34(43)13-17-44-35(31)23-29/h4-13,17,23-25,27,57H,3,14-16,18-22,26H2,1-2H3,(H,45,54)(H,47,53). The molecule has 14 nitrogen and oxygen atoms in total. The number of hydrogen-bond donors (Lipinski definition) is 3. The van der Waals surface area contributed by atoms with E-state index in [1.54, 1.807) is 64.4 Å². The van der Waals surface area contributed by atoms with Crippen molar-refractivity contribution in [2.45, 2.75) is 44.9 Å². The smallest absolute Gasteiger partial charge is 0.261 e. The van der Waals surface area contributed by atoms with Gasteiger partial charge in [0.1, 0.15) is 5.69 Å². The number of nitrogens with one attached hydrogen (secondary N) is 2. The molecule has 57 heavy (non-hydrogen) atoms.